The number of aldehydes is 1. The summed E-state index contributed by atoms with van der Waals surface area (Å²) in [6, 6.07) is 9.80. The van der Waals surface area contributed by atoms with Gasteiger partial charge in [-0.05, 0) is 113 Å². The van der Waals surface area contributed by atoms with Crippen LogP contribution in [0.25, 0.3) is 11.0 Å². The van der Waals surface area contributed by atoms with Gasteiger partial charge >= 0.3 is 5.97 Å². The van der Waals surface area contributed by atoms with Crippen LogP contribution < -0.4 is 0 Å². The number of benzene rings is 1. The molecule has 1 aromatic carbocycles. The number of thiophene rings is 2. The van der Waals surface area contributed by atoms with Gasteiger partial charge in [0.05, 0.1) is 27.1 Å². The number of fused-ring (bicyclic) bond motifs is 3. The zero-order valence-electron chi connectivity index (χ0n) is 23.7. The number of aryl methyl sites for hydroxylation is 3. The van der Waals surface area contributed by atoms with Crippen LogP contribution in [0.2, 0.25) is 0 Å². The van der Waals surface area contributed by atoms with Crippen LogP contribution in [0.15, 0.2) is 42.0 Å². The van der Waals surface area contributed by atoms with Gasteiger partial charge in [0.15, 0.2) is 0 Å². The fourth-order valence-corrected chi connectivity index (χ4v) is 8.46. The normalized spacial score (nSPS) is 20.3. The minimum Gasteiger partial charge on any atom is -0.460 e. The second-order valence-corrected chi connectivity index (χ2v) is 13.7. The molecule has 1 fully saturated rings. The van der Waals surface area contributed by atoms with Crippen molar-refractivity contribution in [3.8, 4) is 0 Å². The SMILES string of the molecule is Cc1ccc([C@@](O)(C(=O)OC2CCC(N(C)CCCn3cnc4cc(C=O)c5c(c43)CCC5)CC2)c2cccs2)s1. The Morgan fingerprint density at radius 3 is 2.71 bits per heavy atom. The van der Waals surface area contributed by atoms with Crippen molar-refractivity contribution in [1.29, 1.82) is 0 Å². The Hall–Kier alpha value is -2.85. The first-order valence-electron chi connectivity index (χ1n) is 14.6. The van der Waals surface area contributed by atoms with Gasteiger partial charge in [-0.25, -0.2) is 9.78 Å². The molecule has 0 spiro atoms. The highest BCUT2D eigenvalue weighted by Gasteiger charge is 2.45. The Bertz CT molecular complexity index is 1530. The number of aromatic nitrogens is 2. The third kappa shape index (κ3) is 5.41. The van der Waals surface area contributed by atoms with E-state index in [1.54, 1.807) is 6.07 Å². The summed E-state index contributed by atoms with van der Waals surface area (Å²) in [6.07, 6.45) is 10.3. The average Bonchev–Trinajstić information content (AvgIpc) is 3.79. The molecule has 3 heterocycles. The van der Waals surface area contributed by atoms with Gasteiger partial charge in [0.25, 0.3) is 0 Å². The fraction of sp³-hybridized carbons (Fsp3) is 0.469. The number of hydrogen-bond donors (Lipinski definition) is 1. The number of rotatable bonds is 10. The number of aliphatic hydroxyl groups is 1. The molecule has 0 bridgehead atoms. The summed E-state index contributed by atoms with van der Waals surface area (Å²) in [5.74, 6) is -0.571. The lowest BCUT2D eigenvalue weighted by Crippen LogP contribution is -2.42. The lowest BCUT2D eigenvalue weighted by Gasteiger charge is -2.35. The molecule has 1 N–H and O–H groups in total. The number of ether oxygens (including phenoxy) is 1. The predicted molar refractivity (Wildman–Crippen MR) is 163 cm³/mol. The maximum Gasteiger partial charge on any atom is 0.349 e. The molecule has 216 valence electrons. The molecule has 2 aliphatic carbocycles. The summed E-state index contributed by atoms with van der Waals surface area (Å²) in [6.45, 7) is 3.84. The van der Waals surface area contributed by atoms with Crippen LogP contribution in [0.4, 0.5) is 0 Å². The molecule has 7 nitrogen and oxygen atoms in total. The standard InChI is InChI=1S/C32H37N3O4S2/c1-21-9-14-29(41-21)32(38,28-8-4-17-40-28)31(37)39-24-12-10-23(11-13-24)34(2)15-5-16-35-20-33-27-18-22(19-36)25-6-3-7-26(25)30(27)35/h4,8-9,14,17-20,23-24,38H,3,5-7,10-13,15-16H2,1-2H3/t23?,24?,32-/m1/s1. The van der Waals surface area contributed by atoms with Crippen molar-refractivity contribution in [2.45, 2.75) is 82.6 Å². The van der Waals surface area contributed by atoms with Crippen molar-refractivity contribution in [3.63, 3.8) is 0 Å². The Labute approximate surface area is 248 Å². The van der Waals surface area contributed by atoms with Gasteiger partial charge in [-0.1, -0.05) is 6.07 Å². The van der Waals surface area contributed by atoms with E-state index < -0.39 is 11.6 Å². The summed E-state index contributed by atoms with van der Waals surface area (Å²) >= 11 is 2.80. The van der Waals surface area contributed by atoms with Gasteiger partial charge in [-0.3, -0.25) is 4.79 Å². The summed E-state index contributed by atoms with van der Waals surface area (Å²) < 4.78 is 8.24. The molecule has 9 heteroatoms. The van der Waals surface area contributed by atoms with Crippen LogP contribution in [-0.2, 0) is 34.5 Å². The van der Waals surface area contributed by atoms with Gasteiger partial charge in [-0.2, -0.15) is 0 Å². The molecular formula is C32H37N3O4S2. The topological polar surface area (TPSA) is 84.7 Å². The summed E-state index contributed by atoms with van der Waals surface area (Å²) in [4.78, 5) is 34.3. The number of carbonyl (C=O) groups is 2. The molecule has 0 saturated heterocycles. The fourth-order valence-electron chi connectivity index (χ4n) is 6.61. The molecule has 41 heavy (non-hydrogen) atoms. The molecule has 4 aromatic rings. The van der Waals surface area contributed by atoms with Crippen LogP contribution >= 0.6 is 22.7 Å². The minimum absolute atomic E-state index is 0.185. The number of carbonyl (C=O) groups excluding carboxylic acids is 2. The highest BCUT2D eigenvalue weighted by atomic mass is 32.1. The molecule has 0 unspecified atom stereocenters. The first kappa shape index (κ1) is 28.3. The third-order valence-corrected chi connectivity index (χ3v) is 10.9. The summed E-state index contributed by atoms with van der Waals surface area (Å²) in [5.41, 5.74) is 3.69. The second-order valence-electron chi connectivity index (χ2n) is 11.5. The van der Waals surface area contributed by atoms with Crippen molar-refractivity contribution in [2.24, 2.45) is 0 Å². The van der Waals surface area contributed by atoms with Crippen molar-refractivity contribution in [2.75, 3.05) is 13.6 Å². The maximum atomic E-state index is 13.4. The van der Waals surface area contributed by atoms with Crippen LogP contribution in [-0.4, -0.2) is 57.6 Å². The predicted octanol–water partition coefficient (Wildman–Crippen LogP) is 5.88. The first-order valence-corrected chi connectivity index (χ1v) is 16.3. The molecule has 0 radical (unpaired) electrons. The van der Waals surface area contributed by atoms with E-state index in [0.717, 1.165) is 86.7 Å². The van der Waals surface area contributed by atoms with Gasteiger partial charge in [0, 0.05) is 23.0 Å². The smallest absolute Gasteiger partial charge is 0.349 e. The largest absolute Gasteiger partial charge is 0.460 e. The van der Waals surface area contributed by atoms with Gasteiger partial charge in [0.1, 0.15) is 12.4 Å². The zero-order chi connectivity index (χ0) is 28.6. The van der Waals surface area contributed by atoms with E-state index in [4.69, 9.17) is 4.74 Å². The van der Waals surface area contributed by atoms with Crippen molar-refractivity contribution in [1.82, 2.24) is 14.5 Å². The monoisotopic (exact) mass is 591 g/mol. The number of esters is 1. The minimum atomic E-state index is -1.76. The van der Waals surface area contributed by atoms with Crippen LogP contribution in [0, 0.1) is 6.92 Å². The van der Waals surface area contributed by atoms with E-state index in [1.165, 1.54) is 39.3 Å². The van der Waals surface area contributed by atoms with E-state index in [-0.39, 0.29) is 6.10 Å². The average molecular weight is 592 g/mol. The van der Waals surface area contributed by atoms with E-state index in [1.807, 2.05) is 42.9 Å². The zero-order valence-corrected chi connectivity index (χ0v) is 25.3. The molecule has 0 amide bonds. The van der Waals surface area contributed by atoms with Crippen molar-refractivity contribution < 1.29 is 19.4 Å². The van der Waals surface area contributed by atoms with E-state index in [2.05, 4.69) is 21.5 Å². The van der Waals surface area contributed by atoms with E-state index in [0.29, 0.717) is 15.8 Å². The Balaban J connectivity index is 1.03. The first-order chi connectivity index (χ1) is 19.9. The lowest BCUT2D eigenvalue weighted by molar-refractivity contribution is -0.169. The van der Waals surface area contributed by atoms with Crippen LogP contribution in [0.1, 0.15) is 74.6 Å². The quantitative estimate of drug-likeness (QED) is 0.183. The summed E-state index contributed by atoms with van der Waals surface area (Å²) in [7, 11) is 2.19. The lowest BCUT2D eigenvalue weighted by atomic mass is 9.91. The van der Waals surface area contributed by atoms with Crippen LogP contribution in [0.3, 0.4) is 0 Å². The third-order valence-electron chi connectivity index (χ3n) is 8.86. The van der Waals surface area contributed by atoms with E-state index in [9.17, 15) is 14.7 Å². The van der Waals surface area contributed by atoms with Gasteiger partial charge in [0.2, 0.25) is 5.60 Å². The second kappa shape index (κ2) is 11.8. The number of hydrogen-bond acceptors (Lipinski definition) is 8. The summed E-state index contributed by atoms with van der Waals surface area (Å²) in [5, 5.41) is 13.5. The van der Waals surface area contributed by atoms with Gasteiger partial charge < -0.3 is 19.3 Å². The van der Waals surface area contributed by atoms with Gasteiger partial charge in [-0.15, -0.1) is 22.7 Å². The molecular weight excluding hydrogens is 555 g/mol. The van der Waals surface area contributed by atoms with Crippen molar-refractivity contribution in [3.05, 3.63) is 73.4 Å². The molecule has 1 saturated carbocycles. The number of imidazole rings is 1. The maximum absolute atomic E-state index is 13.4. The van der Waals surface area contributed by atoms with Crippen LogP contribution in [0.5, 0.6) is 0 Å². The highest BCUT2D eigenvalue weighted by molar-refractivity contribution is 7.13. The molecule has 2 aliphatic rings. The molecule has 6 rings (SSSR count). The Morgan fingerprint density at radius 1 is 1.20 bits per heavy atom. The van der Waals surface area contributed by atoms with E-state index >= 15 is 0 Å². The van der Waals surface area contributed by atoms with Crippen molar-refractivity contribution >= 4 is 46.0 Å². The molecule has 0 aliphatic heterocycles. The molecule has 1 atom stereocenters. The Kier molecular flexibility index (Phi) is 8.14. The Morgan fingerprint density at radius 2 is 2.00 bits per heavy atom. The number of nitrogens with zero attached hydrogens (tertiary/aromatic N) is 3. The molecule has 3 aromatic heterocycles. The highest BCUT2D eigenvalue weighted by Crippen LogP contribution is 2.39.